The Morgan fingerprint density at radius 3 is 1.65 bits per heavy atom. The molecule has 9 aromatic carbocycles. The van der Waals surface area contributed by atoms with Gasteiger partial charge in [0.2, 0.25) is 0 Å². The van der Waals surface area contributed by atoms with Gasteiger partial charge in [-0.15, -0.1) is 0 Å². The monoisotopic (exact) mass is 624 g/mol. The minimum absolute atomic E-state index is 0.917. The summed E-state index contributed by atoms with van der Waals surface area (Å²) in [6.45, 7) is 4.48. The van der Waals surface area contributed by atoms with Gasteiger partial charge in [0.25, 0.3) is 0 Å². The fourth-order valence-corrected chi connectivity index (χ4v) is 8.31. The molecular weight excluding hydrogens is 593 g/mol. The number of fused-ring (bicyclic) bond motifs is 8. The summed E-state index contributed by atoms with van der Waals surface area (Å²) in [5, 5.41) is 12.6. The molecule has 1 aromatic heterocycles. The molecule has 1 heteroatoms. The molecule has 10 aromatic rings. The second-order valence-electron chi connectivity index (χ2n) is 13.3. The van der Waals surface area contributed by atoms with Crippen molar-refractivity contribution in [2.24, 2.45) is 0 Å². The van der Waals surface area contributed by atoms with Gasteiger partial charge in [0.1, 0.15) is 11.2 Å². The van der Waals surface area contributed by atoms with Crippen LogP contribution in [0, 0.1) is 13.8 Å². The van der Waals surface area contributed by atoms with Crippen molar-refractivity contribution in [1.29, 1.82) is 0 Å². The van der Waals surface area contributed by atoms with E-state index >= 15 is 0 Å². The molecule has 1 heterocycles. The third-order valence-electron chi connectivity index (χ3n) is 10.5. The Hall–Kier alpha value is -6.18. The summed E-state index contributed by atoms with van der Waals surface area (Å²) in [6.07, 6.45) is 0. The smallest absolute Gasteiger partial charge is 0.135 e. The molecule has 0 unspecified atom stereocenters. The Balaban J connectivity index is 1.25. The second-order valence-corrected chi connectivity index (χ2v) is 13.3. The molecule has 0 bridgehead atoms. The number of para-hydroxylation sites is 1. The van der Waals surface area contributed by atoms with Crippen LogP contribution in [-0.4, -0.2) is 0 Å². The highest BCUT2D eigenvalue weighted by atomic mass is 16.3. The maximum atomic E-state index is 6.14. The van der Waals surface area contributed by atoms with Crippen LogP contribution in [0.25, 0.3) is 98.4 Å². The fourth-order valence-electron chi connectivity index (χ4n) is 8.31. The topological polar surface area (TPSA) is 13.1 Å². The summed E-state index contributed by atoms with van der Waals surface area (Å²) < 4.78 is 6.14. The second kappa shape index (κ2) is 10.7. The van der Waals surface area contributed by atoms with Crippen LogP contribution < -0.4 is 0 Å². The third kappa shape index (κ3) is 4.19. The van der Waals surface area contributed by atoms with Crippen LogP contribution in [-0.2, 0) is 0 Å². The van der Waals surface area contributed by atoms with E-state index in [2.05, 4.69) is 159 Å². The van der Waals surface area contributed by atoms with Crippen LogP contribution in [0.15, 0.2) is 162 Å². The molecule has 0 N–H and O–H groups in total. The van der Waals surface area contributed by atoms with Crippen molar-refractivity contribution >= 4 is 65.0 Å². The number of aryl methyl sites for hydroxylation is 2. The van der Waals surface area contributed by atoms with Gasteiger partial charge in [-0.25, -0.2) is 0 Å². The highest BCUT2D eigenvalue weighted by Gasteiger charge is 2.20. The lowest BCUT2D eigenvalue weighted by molar-refractivity contribution is 0.669. The number of benzene rings is 9. The highest BCUT2D eigenvalue weighted by molar-refractivity contribution is 6.26. The lowest BCUT2D eigenvalue weighted by Gasteiger charge is -2.20. The molecule has 0 amide bonds. The summed E-state index contributed by atoms with van der Waals surface area (Å²) in [5.41, 5.74) is 11.9. The average molecular weight is 625 g/mol. The molecule has 0 fully saturated rings. The van der Waals surface area contributed by atoms with E-state index in [0.717, 1.165) is 21.9 Å². The zero-order valence-electron chi connectivity index (χ0n) is 27.4. The van der Waals surface area contributed by atoms with E-state index in [9.17, 15) is 0 Å². The molecule has 0 radical (unpaired) electrons. The van der Waals surface area contributed by atoms with Crippen molar-refractivity contribution in [3.8, 4) is 33.4 Å². The number of hydrogen-bond donors (Lipinski definition) is 0. The Morgan fingerprint density at radius 2 is 0.898 bits per heavy atom. The van der Waals surface area contributed by atoms with E-state index in [1.807, 2.05) is 12.1 Å². The van der Waals surface area contributed by atoms with Crippen molar-refractivity contribution in [2.75, 3.05) is 0 Å². The van der Waals surface area contributed by atoms with Gasteiger partial charge in [0.05, 0.1) is 0 Å². The molecule has 10 rings (SSSR count). The van der Waals surface area contributed by atoms with Crippen molar-refractivity contribution in [2.45, 2.75) is 13.8 Å². The molecule has 230 valence electrons. The van der Waals surface area contributed by atoms with Crippen LogP contribution in [0.3, 0.4) is 0 Å². The zero-order chi connectivity index (χ0) is 32.6. The van der Waals surface area contributed by atoms with Gasteiger partial charge in [-0.2, -0.15) is 0 Å². The SMILES string of the molecule is Cc1cccc2cc(-c3c4ccccc4c(-c4cccc(-c5ccc6oc7ccccc7c6c5)c4)c4ccccc34)c3cccc(C)c3c12. The van der Waals surface area contributed by atoms with Crippen LogP contribution in [0.5, 0.6) is 0 Å². The minimum Gasteiger partial charge on any atom is -0.456 e. The first-order valence-electron chi connectivity index (χ1n) is 17.0. The standard InChI is InChI=1S/C48H32O/c1-29-12-9-15-34-28-42(40-22-10-13-30(2)46(40)45(29)34)48-38-20-5-3-18-36(38)47(37-19-4-6-21-39(37)48)33-16-11-14-31(26-33)32-24-25-44-41(27-32)35-17-7-8-23-43(35)49-44/h3-28H,1-2H3. The van der Waals surface area contributed by atoms with E-state index in [1.165, 1.54) is 87.6 Å². The summed E-state index contributed by atoms with van der Waals surface area (Å²) in [5.74, 6) is 0. The quantitative estimate of drug-likeness (QED) is 0.141. The Bertz CT molecular complexity index is 2900. The normalized spacial score (nSPS) is 11.9. The van der Waals surface area contributed by atoms with Gasteiger partial charge < -0.3 is 4.42 Å². The van der Waals surface area contributed by atoms with Gasteiger partial charge in [0, 0.05) is 10.8 Å². The average Bonchev–Trinajstić information content (AvgIpc) is 3.52. The Kier molecular flexibility index (Phi) is 6.07. The minimum atomic E-state index is 0.917. The number of furan rings is 1. The molecule has 0 spiro atoms. The summed E-state index contributed by atoms with van der Waals surface area (Å²) in [4.78, 5) is 0. The molecule has 0 aliphatic carbocycles. The molecule has 0 aliphatic rings. The molecule has 49 heavy (non-hydrogen) atoms. The van der Waals surface area contributed by atoms with Crippen LogP contribution in [0.4, 0.5) is 0 Å². The summed E-state index contributed by atoms with van der Waals surface area (Å²) >= 11 is 0. The Morgan fingerprint density at radius 1 is 0.347 bits per heavy atom. The van der Waals surface area contributed by atoms with E-state index in [4.69, 9.17) is 4.42 Å². The molecule has 0 saturated heterocycles. The molecule has 0 atom stereocenters. The first kappa shape index (κ1) is 27.9. The van der Waals surface area contributed by atoms with E-state index in [1.54, 1.807) is 0 Å². The van der Waals surface area contributed by atoms with Gasteiger partial charge in [0.15, 0.2) is 0 Å². The van der Waals surface area contributed by atoms with E-state index < -0.39 is 0 Å². The fraction of sp³-hybridized carbons (Fsp3) is 0.0417. The lowest BCUT2D eigenvalue weighted by atomic mass is 9.82. The van der Waals surface area contributed by atoms with Crippen LogP contribution in [0.2, 0.25) is 0 Å². The molecule has 0 saturated carbocycles. The largest absolute Gasteiger partial charge is 0.456 e. The van der Waals surface area contributed by atoms with Gasteiger partial charge in [-0.05, 0) is 132 Å². The Labute approximate surface area is 284 Å². The van der Waals surface area contributed by atoms with Crippen molar-refractivity contribution in [3.05, 3.63) is 169 Å². The first-order chi connectivity index (χ1) is 24.1. The van der Waals surface area contributed by atoms with E-state index in [-0.39, 0.29) is 0 Å². The zero-order valence-corrected chi connectivity index (χ0v) is 27.4. The van der Waals surface area contributed by atoms with Gasteiger partial charge in [-0.1, -0.05) is 127 Å². The predicted octanol–water partition coefficient (Wildman–Crippen LogP) is 13.8. The third-order valence-corrected chi connectivity index (χ3v) is 10.5. The molecular formula is C48H32O. The molecule has 1 nitrogen and oxygen atoms in total. The summed E-state index contributed by atoms with van der Waals surface area (Å²) in [7, 11) is 0. The highest BCUT2D eigenvalue weighted by Crippen LogP contribution is 2.47. The van der Waals surface area contributed by atoms with Crippen molar-refractivity contribution in [3.63, 3.8) is 0 Å². The van der Waals surface area contributed by atoms with Crippen molar-refractivity contribution in [1.82, 2.24) is 0 Å². The lowest BCUT2D eigenvalue weighted by Crippen LogP contribution is -1.93. The summed E-state index contributed by atoms with van der Waals surface area (Å²) in [6, 6.07) is 57.7. The first-order valence-corrected chi connectivity index (χ1v) is 17.0. The van der Waals surface area contributed by atoms with Gasteiger partial charge >= 0.3 is 0 Å². The van der Waals surface area contributed by atoms with Crippen LogP contribution >= 0.6 is 0 Å². The van der Waals surface area contributed by atoms with Crippen molar-refractivity contribution < 1.29 is 4.42 Å². The maximum absolute atomic E-state index is 6.14. The predicted molar refractivity (Wildman–Crippen MR) is 210 cm³/mol. The van der Waals surface area contributed by atoms with Crippen LogP contribution in [0.1, 0.15) is 11.1 Å². The van der Waals surface area contributed by atoms with Gasteiger partial charge in [-0.3, -0.25) is 0 Å². The maximum Gasteiger partial charge on any atom is 0.135 e. The number of hydrogen-bond acceptors (Lipinski definition) is 1. The van der Waals surface area contributed by atoms with E-state index in [0.29, 0.717) is 0 Å². The molecule has 0 aliphatic heterocycles. The number of rotatable bonds is 3.